The van der Waals surface area contributed by atoms with Crippen molar-refractivity contribution in [2.24, 2.45) is 5.92 Å². The van der Waals surface area contributed by atoms with Crippen LogP contribution in [0.2, 0.25) is 0 Å². The van der Waals surface area contributed by atoms with E-state index in [0.717, 1.165) is 30.9 Å². The minimum absolute atomic E-state index is 0.0449. The molecule has 1 heterocycles. The largest absolute Gasteiger partial charge is 0.487 e. The van der Waals surface area contributed by atoms with E-state index in [4.69, 9.17) is 4.74 Å². The molecular formula is C21H20F3NO2. The predicted molar refractivity (Wildman–Crippen MR) is 95.4 cm³/mol. The third-order valence-electron chi connectivity index (χ3n) is 5.33. The molecule has 1 atom stereocenters. The van der Waals surface area contributed by atoms with Crippen LogP contribution >= 0.6 is 0 Å². The summed E-state index contributed by atoms with van der Waals surface area (Å²) >= 11 is 0. The van der Waals surface area contributed by atoms with Gasteiger partial charge in [0.25, 0.3) is 0 Å². The van der Waals surface area contributed by atoms with Crippen LogP contribution in [0.5, 0.6) is 5.75 Å². The Morgan fingerprint density at radius 1 is 1.07 bits per heavy atom. The van der Waals surface area contributed by atoms with Crippen molar-refractivity contribution in [1.29, 1.82) is 0 Å². The first-order valence-corrected chi connectivity index (χ1v) is 9.16. The number of ether oxygens (including phenoxy) is 1. The van der Waals surface area contributed by atoms with Gasteiger partial charge in [0.2, 0.25) is 5.91 Å². The molecule has 2 aliphatic rings. The summed E-state index contributed by atoms with van der Waals surface area (Å²) in [6, 6.07) is 10.8. The summed E-state index contributed by atoms with van der Waals surface area (Å²) in [7, 11) is 0. The van der Waals surface area contributed by atoms with Gasteiger partial charge in [-0.1, -0.05) is 42.8 Å². The molecule has 0 spiro atoms. The number of halogens is 3. The zero-order valence-corrected chi connectivity index (χ0v) is 14.7. The lowest BCUT2D eigenvalue weighted by atomic mass is 9.85. The Kier molecular flexibility index (Phi) is 4.58. The maximum Gasteiger partial charge on any atom is 0.417 e. The van der Waals surface area contributed by atoms with Crippen molar-refractivity contribution in [3.63, 3.8) is 0 Å². The van der Waals surface area contributed by atoms with Crippen LogP contribution in [0.4, 0.5) is 13.2 Å². The van der Waals surface area contributed by atoms with Crippen molar-refractivity contribution >= 4 is 5.91 Å². The zero-order chi connectivity index (χ0) is 19.0. The number of hydrogen-bond acceptors (Lipinski definition) is 2. The molecule has 6 heteroatoms. The highest BCUT2D eigenvalue weighted by Gasteiger charge is 2.35. The Hall–Kier alpha value is -2.50. The molecule has 1 amide bonds. The number of rotatable bonds is 4. The molecule has 1 aliphatic heterocycles. The molecule has 2 aromatic rings. The van der Waals surface area contributed by atoms with Gasteiger partial charge >= 0.3 is 6.18 Å². The summed E-state index contributed by atoms with van der Waals surface area (Å²) in [5.74, 6) is 0.628. The molecule has 4 rings (SSSR count). The van der Waals surface area contributed by atoms with E-state index in [1.807, 2.05) is 6.07 Å². The number of nitrogens with one attached hydrogen (secondary N) is 1. The standard InChI is InChI=1S/C21H20F3NO2/c22-21(23,24)18-10-2-1-8-16(18)17-9-4-7-14-11-15(27-19(14)17)12-25-20(26)13-5-3-6-13/h1-2,4,7-10,13,15H,3,5-6,11-12H2,(H,25,26). The second-order valence-corrected chi connectivity index (χ2v) is 7.15. The van der Waals surface area contributed by atoms with E-state index >= 15 is 0 Å². The topological polar surface area (TPSA) is 38.3 Å². The van der Waals surface area contributed by atoms with Crippen molar-refractivity contribution in [2.75, 3.05) is 6.54 Å². The first kappa shape index (κ1) is 17.9. The number of carbonyl (C=O) groups is 1. The summed E-state index contributed by atoms with van der Waals surface area (Å²) in [4.78, 5) is 12.0. The third-order valence-corrected chi connectivity index (χ3v) is 5.33. The van der Waals surface area contributed by atoms with E-state index in [9.17, 15) is 18.0 Å². The van der Waals surface area contributed by atoms with Gasteiger partial charge in [-0.25, -0.2) is 0 Å². The third kappa shape index (κ3) is 3.53. The van der Waals surface area contributed by atoms with E-state index in [1.54, 1.807) is 18.2 Å². The van der Waals surface area contributed by atoms with E-state index in [2.05, 4.69) is 5.32 Å². The van der Waals surface area contributed by atoms with Crippen LogP contribution in [0.3, 0.4) is 0 Å². The van der Waals surface area contributed by atoms with Gasteiger partial charge in [0, 0.05) is 17.9 Å². The Balaban J connectivity index is 1.55. The van der Waals surface area contributed by atoms with Gasteiger partial charge in [-0.2, -0.15) is 13.2 Å². The monoisotopic (exact) mass is 375 g/mol. The maximum absolute atomic E-state index is 13.4. The van der Waals surface area contributed by atoms with Crippen LogP contribution in [0.25, 0.3) is 11.1 Å². The highest BCUT2D eigenvalue weighted by atomic mass is 19.4. The molecule has 0 aromatic heterocycles. The molecule has 0 saturated heterocycles. The van der Waals surface area contributed by atoms with Crippen LogP contribution < -0.4 is 10.1 Å². The van der Waals surface area contributed by atoms with Crippen molar-refractivity contribution in [2.45, 2.75) is 38.0 Å². The lowest BCUT2D eigenvalue weighted by Crippen LogP contribution is -2.40. The van der Waals surface area contributed by atoms with E-state index < -0.39 is 11.7 Å². The number of fused-ring (bicyclic) bond motifs is 1. The van der Waals surface area contributed by atoms with Crippen LogP contribution in [0.15, 0.2) is 42.5 Å². The van der Waals surface area contributed by atoms with Gasteiger partial charge in [-0.3, -0.25) is 4.79 Å². The zero-order valence-electron chi connectivity index (χ0n) is 14.7. The van der Waals surface area contributed by atoms with Crippen LogP contribution in [-0.2, 0) is 17.4 Å². The van der Waals surface area contributed by atoms with Gasteiger partial charge in [0.15, 0.2) is 0 Å². The average Bonchev–Trinajstić information content (AvgIpc) is 3.01. The Morgan fingerprint density at radius 2 is 1.81 bits per heavy atom. The lowest BCUT2D eigenvalue weighted by molar-refractivity contribution is -0.137. The van der Waals surface area contributed by atoms with Gasteiger partial charge < -0.3 is 10.1 Å². The molecule has 1 saturated carbocycles. The van der Waals surface area contributed by atoms with Crippen molar-refractivity contribution in [1.82, 2.24) is 5.32 Å². The number of alkyl halides is 3. The fraction of sp³-hybridized carbons (Fsp3) is 0.381. The van der Waals surface area contributed by atoms with Crippen LogP contribution in [-0.4, -0.2) is 18.6 Å². The molecule has 1 fully saturated rings. The van der Waals surface area contributed by atoms with Crippen LogP contribution in [0, 0.1) is 5.92 Å². The second kappa shape index (κ2) is 6.91. The number of amides is 1. The quantitative estimate of drug-likeness (QED) is 0.849. The van der Waals surface area contributed by atoms with Gasteiger partial charge in [0.05, 0.1) is 12.1 Å². The molecule has 0 radical (unpaired) electrons. The molecule has 1 N–H and O–H groups in total. The fourth-order valence-electron chi connectivity index (χ4n) is 3.66. The SMILES string of the molecule is O=C(NCC1Cc2cccc(-c3ccccc3C(F)(F)F)c2O1)C1CCC1. The van der Waals surface area contributed by atoms with E-state index in [1.165, 1.54) is 12.1 Å². The summed E-state index contributed by atoms with van der Waals surface area (Å²) in [6.45, 7) is 0.365. The van der Waals surface area contributed by atoms with Crippen LogP contribution in [0.1, 0.15) is 30.4 Å². The summed E-state index contributed by atoms with van der Waals surface area (Å²) in [5, 5.41) is 2.91. The smallest absolute Gasteiger partial charge is 0.417 e. The number of hydrogen-bond donors (Lipinski definition) is 1. The average molecular weight is 375 g/mol. The van der Waals surface area contributed by atoms with Gasteiger partial charge in [-0.15, -0.1) is 0 Å². The number of para-hydroxylation sites is 1. The summed E-state index contributed by atoms with van der Waals surface area (Å²) in [5.41, 5.74) is 0.741. The molecular weight excluding hydrogens is 355 g/mol. The molecule has 142 valence electrons. The van der Waals surface area contributed by atoms with E-state index in [0.29, 0.717) is 24.3 Å². The summed E-state index contributed by atoms with van der Waals surface area (Å²) < 4.78 is 46.2. The molecule has 0 bridgehead atoms. The first-order chi connectivity index (χ1) is 12.9. The Labute approximate surface area is 155 Å². The van der Waals surface area contributed by atoms with Gasteiger partial charge in [0.1, 0.15) is 11.9 Å². The number of benzene rings is 2. The van der Waals surface area contributed by atoms with Crippen molar-refractivity contribution in [3.8, 4) is 16.9 Å². The lowest BCUT2D eigenvalue weighted by Gasteiger charge is -2.24. The Bertz CT molecular complexity index is 859. The molecule has 1 aliphatic carbocycles. The molecule has 1 unspecified atom stereocenters. The number of carbonyl (C=O) groups excluding carboxylic acids is 1. The highest BCUT2D eigenvalue weighted by molar-refractivity contribution is 5.79. The molecule has 3 nitrogen and oxygen atoms in total. The normalized spacial score (nSPS) is 19.1. The minimum atomic E-state index is -4.44. The Morgan fingerprint density at radius 3 is 2.52 bits per heavy atom. The summed E-state index contributed by atoms with van der Waals surface area (Å²) in [6.07, 6.45) is -1.18. The minimum Gasteiger partial charge on any atom is -0.487 e. The van der Waals surface area contributed by atoms with E-state index in [-0.39, 0.29) is 23.5 Å². The first-order valence-electron chi connectivity index (χ1n) is 9.16. The maximum atomic E-state index is 13.4. The van der Waals surface area contributed by atoms with Crippen molar-refractivity contribution in [3.05, 3.63) is 53.6 Å². The van der Waals surface area contributed by atoms with Crippen molar-refractivity contribution < 1.29 is 22.7 Å². The fourth-order valence-corrected chi connectivity index (χ4v) is 3.66. The van der Waals surface area contributed by atoms with Gasteiger partial charge in [-0.05, 0) is 30.0 Å². The molecule has 2 aromatic carbocycles. The predicted octanol–water partition coefficient (Wildman–Crippen LogP) is 4.59. The second-order valence-electron chi connectivity index (χ2n) is 7.15. The highest BCUT2D eigenvalue weighted by Crippen LogP contribution is 2.43. The molecule has 27 heavy (non-hydrogen) atoms.